The highest BCUT2D eigenvalue weighted by molar-refractivity contribution is 5.93. The highest BCUT2D eigenvalue weighted by atomic mass is 16.5. The van der Waals surface area contributed by atoms with Gasteiger partial charge in [-0.1, -0.05) is 24.6 Å². The Bertz CT molecular complexity index is 1710. The third-order valence-electron chi connectivity index (χ3n) is 9.72. The summed E-state index contributed by atoms with van der Waals surface area (Å²) < 4.78 is 18.2. The molecule has 8 nitrogen and oxygen atoms in total. The standard InChI is InChI=1S/C38H45N5O3/c1-42(2)18-6-12-34(27-10-5-11-27)43-19-16-29(17-20-43)46-37-23-31-32(24-36(37)44-3)39-25-40-38(31)41-33-22-28(35-13-7-21-45-35)14-15-30(33)26-8-4-9-26/h6-7,12-15,21-26,29H,4-5,8-11,16-20H2,1-3H3,(H,39,40,41)/b12-6+. The minimum Gasteiger partial charge on any atom is -0.493 e. The van der Waals surface area contributed by atoms with Gasteiger partial charge < -0.3 is 29.0 Å². The molecule has 46 heavy (non-hydrogen) atoms. The van der Waals surface area contributed by atoms with Gasteiger partial charge >= 0.3 is 0 Å². The summed E-state index contributed by atoms with van der Waals surface area (Å²) in [5.74, 6) is 3.58. The summed E-state index contributed by atoms with van der Waals surface area (Å²) in [4.78, 5) is 14.1. The first-order valence-corrected chi connectivity index (χ1v) is 16.8. The smallest absolute Gasteiger partial charge is 0.162 e. The summed E-state index contributed by atoms with van der Waals surface area (Å²) in [5, 5.41) is 4.59. The molecule has 8 heteroatoms. The van der Waals surface area contributed by atoms with Gasteiger partial charge in [-0.15, -0.1) is 0 Å². The van der Waals surface area contributed by atoms with E-state index in [1.165, 1.54) is 49.8 Å². The summed E-state index contributed by atoms with van der Waals surface area (Å²) in [6.45, 7) is 2.92. The third kappa shape index (κ3) is 6.49. The zero-order chi connectivity index (χ0) is 31.5. The number of hydrogen-bond donors (Lipinski definition) is 1. The maximum Gasteiger partial charge on any atom is 0.162 e. The van der Waals surface area contributed by atoms with Crippen LogP contribution in [0.4, 0.5) is 11.5 Å². The van der Waals surface area contributed by atoms with E-state index < -0.39 is 0 Å². The van der Waals surface area contributed by atoms with Crippen LogP contribution in [0.15, 0.2) is 82.9 Å². The number of aromatic nitrogens is 2. The zero-order valence-corrected chi connectivity index (χ0v) is 27.3. The summed E-state index contributed by atoms with van der Waals surface area (Å²) in [6.07, 6.45) is 17.4. The molecule has 2 saturated carbocycles. The summed E-state index contributed by atoms with van der Waals surface area (Å²) in [5.41, 5.74) is 7.25. The first-order chi connectivity index (χ1) is 22.6. The highest BCUT2D eigenvalue weighted by Crippen LogP contribution is 2.43. The van der Waals surface area contributed by atoms with Crippen molar-refractivity contribution in [1.82, 2.24) is 19.8 Å². The number of rotatable bonds is 11. The first-order valence-electron chi connectivity index (χ1n) is 16.8. The molecule has 0 spiro atoms. The average molecular weight is 620 g/mol. The second kappa shape index (κ2) is 13.6. The molecule has 0 atom stereocenters. The van der Waals surface area contributed by atoms with Crippen LogP contribution >= 0.6 is 0 Å². The number of nitrogens with one attached hydrogen (secondary N) is 1. The minimum absolute atomic E-state index is 0.109. The monoisotopic (exact) mass is 619 g/mol. The van der Waals surface area contributed by atoms with Crippen LogP contribution in [0.3, 0.4) is 0 Å². The minimum atomic E-state index is 0.109. The van der Waals surface area contributed by atoms with Crippen LogP contribution < -0.4 is 14.8 Å². The molecule has 0 bridgehead atoms. The third-order valence-corrected chi connectivity index (χ3v) is 9.72. The van der Waals surface area contributed by atoms with Gasteiger partial charge in [0.25, 0.3) is 0 Å². The van der Waals surface area contributed by atoms with E-state index in [1.807, 2.05) is 24.3 Å². The lowest BCUT2D eigenvalue weighted by Crippen LogP contribution is -2.38. The van der Waals surface area contributed by atoms with E-state index in [-0.39, 0.29) is 6.10 Å². The van der Waals surface area contributed by atoms with Gasteiger partial charge in [0.05, 0.1) is 18.9 Å². The van der Waals surface area contributed by atoms with Crippen LogP contribution in [0.2, 0.25) is 0 Å². The molecule has 4 aromatic rings. The number of ether oxygens (including phenoxy) is 2. The molecular weight excluding hydrogens is 574 g/mol. The summed E-state index contributed by atoms with van der Waals surface area (Å²) in [7, 11) is 5.92. The van der Waals surface area contributed by atoms with Gasteiger partial charge in [-0.3, -0.25) is 0 Å². The predicted molar refractivity (Wildman–Crippen MR) is 184 cm³/mol. The molecule has 1 N–H and O–H groups in total. The van der Waals surface area contributed by atoms with Gasteiger partial charge in [0.2, 0.25) is 0 Å². The van der Waals surface area contributed by atoms with Crippen molar-refractivity contribution in [2.24, 2.45) is 0 Å². The molecule has 1 saturated heterocycles. The predicted octanol–water partition coefficient (Wildman–Crippen LogP) is 8.31. The largest absolute Gasteiger partial charge is 0.493 e. The number of benzene rings is 2. The second-order valence-electron chi connectivity index (χ2n) is 13.1. The van der Waals surface area contributed by atoms with Crippen LogP contribution in [0.5, 0.6) is 11.5 Å². The summed E-state index contributed by atoms with van der Waals surface area (Å²) >= 11 is 0. The number of anilines is 2. The molecule has 2 aliphatic carbocycles. The maximum absolute atomic E-state index is 6.70. The Hall–Kier alpha value is -4.30. The van der Waals surface area contributed by atoms with Gasteiger partial charge in [0.1, 0.15) is 24.0 Å². The van der Waals surface area contributed by atoms with Crippen molar-refractivity contribution in [2.75, 3.05) is 46.2 Å². The average Bonchev–Trinajstić information content (AvgIpc) is 3.55. The van der Waals surface area contributed by atoms with Crippen molar-refractivity contribution in [2.45, 2.75) is 63.4 Å². The number of allylic oxidation sites excluding steroid dienone is 2. The molecular formula is C38H45N5O3. The van der Waals surface area contributed by atoms with Crippen molar-refractivity contribution in [3.63, 3.8) is 0 Å². The summed E-state index contributed by atoms with van der Waals surface area (Å²) in [6, 6.07) is 14.5. The van der Waals surface area contributed by atoms with Gasteiger partial charge in [-0.2, -0.15) is 0 Å². The molecule has 240 valence electrons. The van der Waals surface area contributed by atoms with E-state index in [2.05, 4.69) is 64.5 Å². The van der Waals surface area contributed by atoms with E-state index in [0.29, 0.717) is 11.7 Å². The van der Waals surface area contributed by atoms with Gasteiger partial charge in [-0.05, 0) is 93.6 Å². The Kier molecular flexibility index (Phi) is 8.97. The van der Waals surface area contributed by atoms with E-state index >= 15 is 0 Å². The van der Waals surface area contributed by atoms with Crippen LogP contribution in [-0.2, 0) is 0 Å². The van der Waals surface area contributed by atoms with Gasteiger partial charge in [0, 0.05) is 60.9 Å². The number of fused-ring (bicyclic) bond motifs is 1. The molecule has 0 unspecified atom stereocenters. The van der Waals surface area contributed by atoms with E-state index in [9.17, 15) is 0 Å². The number of likely N-dealkylation sites (N-methyl/N-ethyl adjacent to an activating group) is 1. The SMILES string of the molecule is COc1cc2ncnc(Nc3cc(-c4ccco4)ccc3C3CCC3)c2cc1OC1CCN(C(/C=C/CN(C)C)=C2CCC2)CC1. The molecule has 0 radical (unpaired) electrons. The fourth-order valence-electron chi connectivity index (χ4n) is 6.70. The van der Waals surface area contributed by atoms with E-state index in [1.54, 1.807) is 25.3 Å². The normalized spacial score (nSPS) is 17.4. The Morgan fingerprint density at radius 2 is 1.87 bits per heavy atom. The number of nitrogens with zero attached hydrogens (tertiary/aromatic N) is 4. The molecule has 3 heterocycles. The van der Waals surface area contributed by atoms with Crippen LogP contribution in [-0.4, -0.2) is 66.7 Å². The van der Waals surface area contributed by atoms with Gasteiger partial charge in [-0.25, -0.2) is 9.97 Å². The maximum atomic E-state index is 6.70. The number of likely N-dealkylation sites (tertiary alicyclic amines) is 1. The fraction of sp³-hybridized carbons (Fsp3) is 0.421. The Morgan fingerprint density at radius 1 is 1.02 bits per heavy atom. The Labute approximate surface area is 272 Å². The fourth-order valence-corrected chi connectivity index (χ4v) is 6.70. The second-order valence-corrected chi connectivity index (χ2v) is 13.1. The van der Waals surface area contributed by atoms with Gasteiger partial charge in [0.15, 0.2) is 11.5 Å². The lowest BCUT2D eigenvalue weighted by Gasteiger charge is -2.37. The van der Waals surface area contributed by atoms with Crippen molar-refractivity contribution < 1.29 is 13.9 Å². The lowest BCUT2D eigenvalue weighted by atomic mass is 9.79. The topological polar surface area (TPSA) is 75.9 Å². The van der Waals surface area contributed by atoms with E-state index in [0.717, 1.165) is 72.0 Å². The highest BCUT2D eigenvalue weighted by Gasteiger charge is 2.27. The first kappa shape index (κ1) is 30.4. The Morgan fingerprint density at radius 3 is 2.54 bits per heavy atom. The van der Waals surface area contributed by atoms with Crippen LogP contribution in [0.1, 0.15) is 62.8 Å². The number of furan rings is 1. The Balaban J connectivity index is 1.12. The number of piperidine rings is 1. The molecule has 0 amide bonds. The number of hydrogen-bond acceptors (Lipinski definition) is 8. The van der Waals surface area contributed by atoms with Crippen molar-refractivity contribution in [3.8, 4) is 22.8 Å². The molecule has 2 aromatic heterocycles. The molecule has 3 fully saturated rings. The van der Waals surface area contributed by atoms with Crippen LogP contribution in [0.25, 0.3) is 22.2 Å². The van der Waals surface area contributed by atoms with Crippen molar-refractivity contribution in [3.05, 3.63) is 84.0 Å². The number of methoxy groups -OCH3 is 1. The zero-order valence-electron chi connectivity index (χ0n) is 27.3. The molecule has 1 aliphatic heterocycles. The molecule has 3 aliphatic rings. The quantitative estimate of drug-likeness (QED) is 0.180. The van der Waals surface area contributed by atoms with Crippen molar-refractivity contribution in [1.29, 1.82) is 0 Å². The molecule has 7 rings (SSSR count). The van der Waals surface area contributed by atoms with Crippen LogP contribution in [0, 0.1) is 0 Å². The van der Waals surface area contributed by atoms with Crippen molar-refractivity contribution >= 4 is 22.4 Å². The molecule has 2 aromatic carbocycles. The lowest BCUT2D eigenvalue weighted by molar-refractivity contribution is 0.115. The van der Waals surface area contributed by atoms with E-state index in [4.69, 9.17) is 18.9 Å².